The molecular weight excluding hydrogens is 340 g/mol. The number of aromatic nitrogens is 2. The third kappa shape index (κ3) is 3.73. The van der Waals surface area contributed by atoms with E-state index < -0.39 is 0 Å². The Morgan fingerprint density at radius 3 is 2.67 bits per heavy atom. The van der Waals surface area contributed by atoms with Gasteiger partial charge in [0, 0.05) is 11.8 Å². The Labute approximate surface area is 160 Å². The first-order valence-corrected chi connectivity index (χ1v) is 10.1. The summed E-state index contributed by atoms with van der Waals surface area (Å²) < 4.78 is 13.6. The molecule has 0 radical (unpaired) electrons. The van der Waals surface area contributed by atoms with Crippen LogP contribution in [0.15, 0.2) is 35.3 Å². The van der Waals surface area contributed by atoms with Gasteiger partial charge >= 0.3 is 0 Å². The molecule has 0 saturated heterocycles. The molecule has 5 nitrogen and oxygen atoms in total. The summed E-state index contributed by atoms with van der Waals surface area (Å²) in [5.41, 5.74) is 2.24. The second-order valence-corrected chi connectivity index (χ2v) is 8.06. The molecule has 2 aromatic rings. The lowest BCUT2D eigenvalue weighted by Crippen LogP contribution is -2.25. The fourth-order valence-electron chi connectivity index (χ4n) is 4.24. The van der Waals surface area contributed by atoms with E-state index in [1.165, 1.54) is 37.7 Å². The van der Waals surface area contributed by atoms with Crippen molar-refractivity contribution in [2.24, 2.45) is 0 Å². The average molecular weight is 368 g/mol. The van der Waals surface area contributed by atoms with E-state index in [1.807, 2.05) is 17.7 Å². The molecule has 2 heterocycles. The zero-order valence-corrected chi connectivity index (χ0v) is 16.2. The standard InChI is InChI=1S/C22H28N2O3/c1-3-16-13-24-14-19(27-21(24)23-20(16)25)15-26-18-9-7-17(8-10-18)22(2)11-5-4-6-12-22/h7-10,13,19H,3-6,11-12,14-15H2,1-2H3/t19-/m0/s1. The molecule has 1 atom stereocenters. The smallest absolute Gasteiger partial charge is 0.300 e. The second-order valence-electron chi connectivity index (χ2n) is 8.06. The Balaban J connectivity index is 1.36. The molecule has 1 fully saturated rings. The Morgan fingerprint density at radius 1 is 1.22 bits per heavy atom. The normalized spacial score (nSPS) is 20.7. The van der Waals surface area contributed by atoms with Crippen molar-refractivity contribution < 1.29 is 9.47 Å². The summed E-state index contributed by atoms with van der Waals surface area (Å²) in [5.74, 6) is 0.856. The van der Waals surface area contributed by atoms with Crippen molar-refractivity contribution in [1.82, 2.24) is 9.55 Å². The fourth-order valence-corrected chi connectivity index (χ4v) is 4.24. The molecule has 5 heteroatoms. The number of hydrogen-bond acceptors (Lipinski definition) is 4. The molecule has 1 aromatic carbocycles. The maximum Gasteiger partial charge on any atom is 0.300 e. The largest absolute Gasteiger partial charge is 0.490 e. The molecule has 0 unspecified atom stereocenters. The third-order valence-electron chi connectivity index (χ3n) is 6.03. The van der Waals surface area contributed by atoms with Crippen LogP contribution in [0.3, 0.4) is 0 Å². The van der Waals surface area contributed by atoms with Gasteiger partial charge in [-0.1, -0.05) is 45.2 Å². The number of rotatable bonds is 5. The van der Waals surface area contributed by atoms with Gasteiger partial charge in [-0.15, -0.1) is 0 Å². The van der Waals surface area contributed by atoms with Crippen LogP contribution in [0.2, 0.25) is 0 Å². The number of ether oxygens (including phenoxy) is 2. The summed E-state index contributed by atoms with van der Waals surface area (Å²) in [6, 6.07) is 8.93. The molecule has 0 amide bonds. The quantitative estimate of drug-likeness (QED) is 0.804. The summed E-state index contributed by atoms with van der Waals surface area (Å²) in [6.45, 7) is 5.44. The first-order chi connectivity index (χ1) is 13.1. The SMILES string of the molecule is CCc1cn2c(nc1=O)O[C@H](COc1ccc(C3(C)CCCCC3)cc1)C2. The first-order valence-electron chi connectivity index (χ1n) is 10.1. The minimum atomic E-state index is -0.197. The molecule has 27 heavy (non-hydrogen) atoms. The summed E-state index contributed by atoms with van der Waals surface area (Å²) >= 11 is 0. The Kier molecular flexibility index (Phi) is 4.94. The number of aryl methyl sites for hydroxylation is 1. The van der Waals surface area contributed by atoms with E-state index in [0.717, 1.165) is 11.3 Å². The number of hydrogen-bond donors (Lipinski definition) is 0. The van der Waals surface area contributed by atoms with Gasteiger partial charge in [-0.25, -0.2) is 0 Å². The van der Waals surface area contributed by atoms with Gasteiger partial charge in [0.15, 0.2) is 6.10 Å². The van der Waals surface area contributed by atoms with Crippen molar-refractivity contribution in [2.45, 2.75) is 70.4 Å². The molecule has 144 valence electrons. The monoisotopic (exact) mass is 368 g/mol. The Hall–Kier alpha value is -2.30. The maximum absolute atomic E-state index is 11.8. The van der Waals surface area contributed by atoms with Gasteiger partial charge < -0.3 is 9.47 Å². The van der Waals surface area contributed by atoms with Crippen molar-refractivity contribution in [3.05, 3.63) is 51.9 Å². The molecule has 2 aliphatic rings. The van der Waals surface area contributed by atoms with Crippen LogP contribution >= 0.6 is 0 Å². The molecular formula is C22H28N2O3. The minimum Gasteiger partial charge on any atom is -0.490 e. The van der Waals surface area contributed by atoms with Gasteiger partial charge in [-0.05, 0) is 42.4 Å². The van der Waals surface area contributed by atoms with E-state index in [1.54, 1.807) is 0 Å². The Bertz CT molecular complexity index is 851. The molecule has 0 spiro atoms. The second kappa shape index (κ2) is 7.37. The molecule has 1 aromatic heterocycles. The molecule has 1 saturated carbocycles. The Morgan fingerprint density at radius 2 is 1.96 bits per heavy atom. The van der Waals surface area contributed by atoms with Crippen LogP contribution in [-0.4, -0.2) is 22.3 Å². The molecule has 1 aliphatic carbocycles. The number of benzene rings is 1. The molecule has 4 rings (SSSR count). The summed E-state index contributed by atoms with van der Waals surface area (Å²) in [4.78, 5) is 15.9. The van der Waals surface area contributed by atoms with Crippen LogP contribution in [0, 0.1) is 0 Å². The van der Waals surface area contributed by atoms with Crippen molar-refractivity contribution in [3.63, 3.8) is 0 Å². The van der Waals surface area contributed by atoms with Crippen LogP contribution in [0.1, 0.15) is 57.1 Å². The summed E-state index contributed by atoms with van der Waals surface area (Å²) in [6.07, 6.45) is 8.96. The lowest BCUT2D eigenvalue weighted by Gasteiger charge is -2.34. The van der Waals surface area contributed by atoms with Crippen LogP contribution in [0.5, 0.6) is 11.8 Å². The summed E-state index contributed by atoms with van der Waals surface area (Å²) in [5, 5.41) is 0. The highest BCUT2D eigenvalue weighted by Gasteiger charge is 2.29. The first kappa shape index (κ1) is 18.1. The van der Waals surface area contributed by atoms with Crippen molar-refractivity contribution >= 4 is 0 Å². The predicted octanol–water partition coefficient (Wildman–Crippen LogP) is 3.87. The van der Waals surface area contributed by atoms with E-state index in [0.29, 0.717) is 31.0 Å². The number of fused-ring (bicyclic) bond motifs is 1. The van der Waals surface area contributed by atoms with Crippen LogP contribution < -0.4 is 15.0 Å². The van der Waals surface area contributed by atoms with Gasteiger partial charge in [0.2, 0.25) is 0 Å². The van der Waals surface area contributed by atoms with Gasteiger partial charge in [-0.2, -0.15) is 4.98 Å². The highest BCUT2D eigenvalue weighted by atomic mass is 16.6. The van der Waals surface area contributed by atoms with Crippen molar-refractivity contribution in [3.8, 4) is 11.8 Å². The van der Waals surface area contributed by atoms with E-state index >= 15 is 0 Å². The minimum absolute atomic E-state index is 0.125. The zero-order chi connectivity index (χ0) is 18.9. The zero-order valence-electron chi connectivity index (χ0n) is 16.2. The third-order valence-corrected chi connectivity index (χ3v) is 6.03. The fraction of sp³-hybridized carbons (Fsp3) is 0.545. The van der Waals surface area contributed by atoms with Crippen molar-refractivity contribution in [2.75, 3.05) is 6.61 Å². The van der Waals surface area contributed by atoms with E-state index in [9.17, 15) is 4.79 Å². The van der Waals surface area contributed by atoms with Gasteiger partial charge in [-0.3, -0.25) is 9.36 Å². The number of nitrogens with zero attached hydrogens (tertiary/aromatic N) is 2. The average Bonchev–Trinajstić information content (AvgIpc) is 3.08. The van der Waals surface area contributed by atoms with Crippen LogP contribution in [-0.2, 0) is 18.4 Å². The predicted molar refractivity (Wildman–Crippen MR) is 105 cm³/mol. The highest BCUT2D eigenvalue weighted by molar-refractivity contribution is 5.32. The summed E-state index contributed by atoms with van der Waals surface area (Å²) in [7, 11) is 0. The van der Waals surface area contributed by atoms with E-state index in [-0.39, 0.29) is 11.7 Å². The topological polar surface area (TPSA) is 53.4 Å². The van der Waals surface area contributed by atoms with Crippen LogP contribution in [0.25, 0.3) is 0 Å². The van der Waals surface area contributed by atoms with Gasteiger partial charge in [0.05, 0.1) is 6.54 Å². The molecule has 0 bridgehead atoms. The maximum atomic E-state index is 11.8. The van der Waals surface area contributed by atoms with E-state index in [4.69, 9.17) is 9.47 Å². The lowest BCUT2D eigenvalue weighted by molar-refractivity contribution is 0.143. The van der Waals surface area contributed by atoms with Crippen molar-refractivity contribution in [1.29, 1.82) is 0 Å². The van der Waals surface area contributed by atoms with E-state index in [2.05, 4.69) is 36.2 Å². The van der Waals surface area contributed by atoms with Crippen LogP contribution in [0.4, 0.5) is 0 Å². The molecule has 1 aliphatic heterocycles. The lowest BCUT2D eigenvalue weighted by atomic mass is 9.71. The highest BCUT2D eigenvalue weighted by Crippen LogP contribution is 2.39. The van der Waals surface area contributed by atoms with Gasteiger partial charge in [0.1, 0.15) is 12.4 Å². The molecule has 0 N–H and O–H groups in total. The van der Waals surface area contributed by atoms with Gasteiger partial charge in [0.25, 0.3) is 11.6 Å².